The maximum atomic E-state index is 13.0. The molecule has 1 atom stereocenters. The van der Waals surface area contributed by atoms with Gasteiger partial charge < -0.3 is 15.0 Å². The van der Waals surface area contributed by atoms with Gasteiger partial charge in [0.1, 0.15) is 17.5 Å². The van der Waals surface area contributed by atoms with E-state index < -0.39 is 16.9 Å². The number of nitrogens with one attached hydrogen (secondary N) is 1. The van der Waals surface area contributed by atoms with E-state index in [1.165, 1.54) is 37.4 Å². The Kier molecular flexibility index (Phi) is 5.53. The molecule has 1 aliphatic rings. The third-order valence-electron chi connectivity index (χ3n) is 4.53. The Labute approximate surface area is 160 Å². The number of nitrogens with zero attached hydrogens (tertiary/aromatic N) is 2. The zero-order valence-electron chi connectivity index (χ0n) is 15.1. The van der Waals surface area contributed by atoms with E-state index in [9.17, 15) is 24.1 Å². The Morgan fingerprint density at radius 3 is 2.68 bits per heavy atom. The number of carbonyl (C=O) groups excluding carboxylic acids is 2. The molecule has 28 heavy (non-hydrogen) atoms. The number of rotatable bonds is 6. The fraction of sp³-hybridized carbons (Fsp3) is 0.263. The molecule has 0 aromatic heterocycles. The van der Waals surface area contributed by atoms with Crippen LogP contribution in [-0.2, 0) is 16.1 Å². The number of hydrogen-bond acceptors (Lipinski definition) is 6. The van der Waals surface area contributed by atoms with Crippen molar-refractivity contribution in [2.75, 3.05) is 19.0 Å². The van der Waals surface area contributed by atoms with E-state index in [2.05, 4.69) is 10.1 Å². The summed E-state index contributed by atoms with van der Waals surface area (Å²) in [6.07, 6.45) is 0.444. The monoisotopic (exact) mass is 387 g/mol. The van der Waals surface area contributed by atoms with Crippen LogP contribution in [0.3, 0.4) is 0 Å². The second-order valence-electron chi connectivity index (χ2n) is 6.35. The van der Waals surface area contributed by atoms with E-state index in [0.29, 0.717) is 19.5 Å². The predicted molar refractivity (Wildman–Crippen MR) is 98.3 cm³/mol. The number of nitro benzene ring substituents is 1. The largest absolute Gasteiger partial charge is 0.465 e. The van der Waals surface area contributed by atoms with Gasteiger partial charge in [-0.2, -0.15) is 0 Å². The number of ether oxygens (including phenoxy) is 1. The topological polar surface area (TPSA) is 102 Å². The number of benzene rings is 2. The van der Waals surface area contributed by atoms with Crippen LogP contribution in [0.4, 0.5) is 15.8 Å². The van der Waals surface area contributed by atoms with Crippen molar-refractivity contribution in [3.63, 3.8) is 0 Å². The molecule has 0 bridgehead atoms. The van der Waals surface area contributed by atoms with Crippen LogP contribution < -0.4 is 5.32 Å². The first-order valence-electron chi connectivity index (χ1n) is 8.55. The van der Waals surface area contributed by atoms with Gasteiger partial charge in [-0.3, -0.25) is 14.9 Å². The van der Waals surface area contributed by atoms with Crippen molar-refractivity contribution in [1.29, 1.82) is 0 Å². The summed E-state index contributed by atoms with van der Waals surface area (Å²) in [4.78, 5) is 36.7. The summed E-state index contributed by atoms with van der Waals surface area (Å²) in [5.41, 5.74) is 0.769. The van der Waals surface area contributed by atoms with Crippen LogP contribution in [0, 0.1) is 15.9 Å². The van der Waals surface area contributed by atoms with Gasteiger partial charge in [-0.05, 0) is 36.2 Å². The molecule has 1 amide bonds. The van der Waals surface area contributed by atoms with Crippen molar-refractivity contribution in [2.45, 2.75) is 19.0 Å². The number of anilines is 1. The van der Waals surface area contributed by atoms with Crippen LogP contribution in [-0.4, -0.2) is 41.4 Å². The number of nitro groups is 1. The van der Waals surface area contributed by atoms with Gasteiger partial charge >= 0.3 is 5.97 Å². The molecule has 1 fully saturated rings. The fourth-order valence-electron chi connectivity index (χ4n) is 3.08. The highest BCUT2D eigenvalue weighted by molar-refractivity contribution is 5.92. The first-order valence-corrected chi connectivity index (χ1v) is 8.55. The molecule has 2 aromatic rings. The molecule has 1 N–H and O–H groups in total. The van der Waals surface area contributed by atoms with Gasteiger partial charge in [0.05, 0.1) is 17.6 Å². The van der Waals surface area contributed by atoms with E-state index in [0.717, 1.165) is 5.56 Å². The van der Waals surface area contributed by atoms with Crippen LogP contribution in [0.1, 0.15) is 22.3 Å². The molecular formula is C19H18FN3O5. The van der Waals surface area contributed by atoms with E-state index in [-0.39, 0.29) is 28.7 Å². The van der Waals surface area contributed by atoms with Gasteiger partial charge in [0, 0.05) is 19.2 Å². The molecule has 3 rings (SSSR count). The Morgan fingerprint density at radius 1 is 1.32 bits per heavy atom. The lowest BCUT2D eigenvalue weighted by molar-refractivity contribution is -0.384. The first-order chi connectivity index (χ1) is 13.4. The van der Waals surface area contributed by atoms with Crippen LogP contribution in [0.5, 0.6) is 0 Å². The van der Waals surface area contributed by atoms with E-state index in [1.807, 2.05) is 0 Å². The third kappa shape index (κ3) is 4.08. The highest BCUT2D eigenvalue weighted by atomic mass is 19.1. The summed E-state index contributed by atoms with van der Waals surface area (Å²) in [6.45, 7) is 0.778. The molecule has 0 spiro atoms. The molecule has 2 aromatic carbocycles. The summed E-state index contributed by atoms with van der Waals surface area (Å²) in [6, 6.07) is 9.01. The zero-order valence-corrected chi connectivity index (χ0v) is 15.1. The predicted octanol–water partition coefficient (Wildman–Crippen LogP) is 2.73. The SMILES string of the molecule is COC(=O)c1ccc([N+](=O)[O-])c(NC2CCN(Cc3ccc(F)cc3)C2=O)c1. The van der Waals surface area contributed by atoms with Gasteiger partial charge in [-0.25, -0.2) is 9.18 Å². The fourth-order valence-corrected chi connectivity index (χ4v) is 3.08. The van der Waals surface area contributed by atoms with E-state index in [1.54, 1.807) is 17.0 Å². The summed E-state index contributed by atoms with van der Waals surface area (Å²) < 4.78 is 17.7. The average molecular weight is 387 g/mol. The average Bonchev–Trinajstić information content (AvgIpc) is 3.02. The smallest absolute Gasteiger partial charge is 0.337 e. The minimum absolute atomic E-state index is 0.0786. The van der Waals surface area contributed by atoms with Gasteiger partial charge in [0.15, 0.2) is 0 Å². The molecule has 0 saturated carbocycles. The summed E-state index contributed by atoms with van der Waals surface area (Å²) in [5.74, 6) is -1.20. The number of carbonyl (C=O) groups is 2. The molecule has 1 heterocycles. The van der Waals surface area contributed by atoms with Crippen LogP contribution in [0.25, 0.3) is 0 Å². The number of esters is 1. The Hall–Kier alpha value is -3.49. The molecular weight excluding hydrogens is 369 g/mol. The van der Waals surface area contributed by atoms with Gasteiger partial charge in [-0.1, -0.05) is 12.1 Å². The minimum atomic E-state index is -0.660. The molecule has 8 nitrogen and oxygen atoms in total. The maximum Gasteiger partial charge on any atom is 0.337 e. The Bertz CT molecular complexity index is 916. The van der Waals surface area contributed by atoms with Crippen molar-refractivity contribution < 1.29 is 23.6 Å². The first kappa shape index (κ1) is 19.3. The minimum Gasteiger partial charge on any atom is -0.465 e. The normalized spacial score (nSPS) is 16.1. The number of amides is 1. The Morgan fingerprint density at radius 2 is 2.04 bits per heavy atom. The second-order valence-corrected chi connectivity index (χ2v) is 6.35. The molecule has 0 aliphatic carbocycles. The number of likely N-dealkylation sites (tertiary alicyclic amines) is 1. The molecule has 1 unspecified atom stereocenters. The molecule has 146 valence electrons. The zero-order chi connectivity index (χ0) is 20.3. The van der Waals surface area contributed by atoms with Crippen molar-refractivity contribution >= 4 is 23.3 Å². The molecule has 1 aliphatic heterocycles. The summed E-state index contributed by atoms with van der Waals surface area (Å²) in [7, 11) is 1.21. The summed E-state index contributed by atoms with van der Waals surface area (Å²) >= 11 is 0. The van der Waals surface area contributed by atoms with E-state index in [4.69, 9.17) is 0 Å². The Balaban J connectivity index is 1.76. The van der Waals surface area contributed by atoms with Crippen LogP contribution >= 0.6 is 0 Å². The lowest BCUT2D eigenvalue weighted by atomic mass is 10.1. The molecule has 1 saturated heterocycles. The number of hydrogen-bond donors (Lipinski definition) is 1. The summed E-state index contributed by atoms with van der Waals surface area (Å²) in [5, 5.41) is 14.2. The van der Waals surface area contributed by atoms with Crippen molar-refractivity contribution in [1.82, 2.24) is 4.90 Å². The highest BCUT2D eigenvalue weighted by Crippen LogP contribution is 2.28. The standard InChI is InChI=1S/C19H18FN3O5/c1-28-19(25)13-4-7-17(23(26)27)16(10-13)21-15-8-9-22(18(15)24)11-12-2-5-14(20)6-3-12/h2-7,10,15,21H,8-9,11H2,1H3. The lowest BCUT2D eigenvalue weighted by Gasteiger charge is -2.18. The number of methoxy groups -OCH3 is 1. The van der Waals surface area contributed by atoms with Crippen molar-refractivity contribution in [2.24, 2.45) is 0 Å². The molecule has 0 radical (unpaired) electrons. The van der Waals surface area contributed by atoms with Gasteiger partial charge in [-0.15, -0.1) is 0 Å². The van der Waals surface area contributed by atoms with Crippen LogP contribution in [0.2, 0.25) is 0 Å². The molecule has 9 heteroatoms. The van der Waals surface area contributed by atoms with Gasteiger partial charge in [0.2, 0.25) is 5.91 Å². The van der Waals surface area contributed by atoms with Crippen molar-refractivity contribution in [3.05, 3.63) is 69.5 Å². The van der Waals surface area contributed by atoms with Crippen LogP contribution in [0.15, 0.2) is 42.5 Å². The van der Waals surface area contributed by atoms with Gasteiger partial charge in [0.25, 0.3) is 5.69 Å². The third-order valence-corrected chi connectivity index (χ3v) is 4.53. The van der Waals surface area contributed by atoms with E-state index >= 15 is 0 Å². The highest BCUT2D eigenvalue weighted by Gasteiger charge is 2.33. The quantitative estimate of drug-likeness (QED) is 0.465. The maximum absolute atomic E-state index is 13.0. The second kappa shape index (κ2) is 8.03. The van der Waals surface area contributed by atoms with Crippen molar-refractivity contribution in [3.8, 4) is 0 Å². The number of halogens is 1. The lowest BCUT2D eigenvalue weighted by Crippen LogP contribution is -2.33.